The molecule has 0 heterocycles. The van der Waals surface area contributed by atoms with Gasteiger partial charge >= 0.3 is 6.09 Å². The molecule has 0 bridgehead atoms. The van der Waals surface area contributed by atoms with Crippen LogP contribution < -0.4 is 11.1 Å². The highest BCUT2D eigenvalue weighted by atomic mass is 16.5. The van der Waals surface area contributed by atoms with Gasteiger partial charge in [-0.05, 0) is 31.5 Å². The second-order valence-electron chi connectivity index (χ2n) is 3.25. The van der Waals surface area contributed by atoms with E-state index in [0.29, 0.717) is 12.3 Å². The Labute approximate surface area is 89.4 Å². The van der Waals surface area contributed by atoms with E-state index in [4.69, 9.17) is 10.5 Å². The van der Waals surface area contributed by atoms with Crippen molar-refractivity contribution in [2.75, 3.05) is 12.3 Å². The fraction of sp³-hybridized carbons (Fsp3) is 0.364. The Morgan fingerprint density at radius 2 is 2.07 bits per heavy atom. The van der Waals surface area contributed by atoms with Gasteiger partial charge in [-0.15, -0.1) is 0 Å². The van der Waals surface area contributed by atoms with E-state index in [-0.39, 0.29) is 6.04 Å². The SMILES string of the molecule is CCOC(=O)NC(C)c1ccc(N)cc1. The second-order valence-corrected chi connectivity index (χ2v) is 3.25. The smallest absolute Gasteiger partial charge is 0.407 e. The topological polar surface area (TPSA) is 64.3 Å². The molecule has 1 rings (SSSR count). The summed E-state index contributed by atoms with van der Waals surface area (Å²) in [4.78, 5) is 11.1. The van der Waals surface area contributed by atoms with Crippen LogP contribution in [0.4, 0.5) is 10.5 Å². The maximum atomic E-state index is 11.1. The van der Waals surface area contributed by atoms with E-state index in [0.717, 1.165) is 5.56 Å². The highest BCUT2D eigenvalue weighted by molar-refractivity contribution is 5.67. The Hall–Kier alpha value is -1.71. The van der Waals surface area contributed by atoms with Gasteiger partial charge in [-0.25, -0.2) is 4.79 Å². The van der Waals surface area contributed by atoms with Gasteiger partial charge in [-0.3, -0.25) is 0 Å². The van der Waals surface area contributed by atoms with Crippen molar-refractivity contribution < 1.29 is 9.53 Å². The third-order valence-electron chi connectivity index (χ3n) is 2.05. The van der Waals surface area contributed by atoms with Crippen molar-refractivity contribution in [1.29, 1.82) is 0 Å². The van der Waals surface area contributed by atoms with Crippen molar-refractivity contribution >= 4 is 11.8 Å². The molecule has 1 atom stereocenters. The number of rotatable bonds is 3. The van der Waals surface area contributed by atoms with Crippen LogP contribution in [0.15, 0.2) is 24.3 Å². The van der Waals surface area contributed by atoms with E-state index in [9.17, 15) is 4.79 Å². The highest BCUT2D eigenvalue weighted by Crippen LogP contribution is 2.14. The predicted octanol–water partition coefficient (Wildman–Crippen LogP) is 2.08. The zero-order valence-electron chi connectivity index (χ0n) is 8.99. The molecule has 0 aliphatic heterocycles. The average Bonchev–Trinajstić information content (AvgIpc) is 2.18. The molecule has 0 saturated heterocycles. The first-order chi connectivity index (χ1) is 7.13. The first-order valence-electron chi connectivity index (χ1n) is 4.92. The third-order valence-corrected chi connectivity index (χ3v) is 2.05. The van der Waals surface area contributed by atoms with Crippen LogP contribution in [-0.2, 0) is 4.74 Å². The Morgan fingerprint density at radius 1 is 1.47 bits per heavy atom. The average molecular weight is 208 g/mol. The summed E-state index contributed by atoms with van der Waals surface area (Å²) in [6.45, 7) is 4.04. The zero-order valence-corrected chi connectivity index (χ0v) is 8.99. The van der Waals surface area contributed by atoms with E-state index < -0.39 is 6.09 Å². The van der Waals surface area contributed by atoms with E-state index in [1.54, 1.807) is 19.1 Å². The molecule has 4 nitrogen and oxygen atoms in total. The summed E-state index contributed by atoms with van der Waals surface area (Å²) in [7, 11) is 0. The van der Waals surface area contributed by atoms with E-state index >= 15 is 0 Å². The molecule has 1 amide bonds. The van der Waals surface area contributed by atoms with Crippen LogP contribution in [0.5, 0.6) is 0 Å². The molecule has 1 aromatic carbocycles. The number of anilines is 1. The summed E-state index contributed by atoms with van der Waals surface area (Å²) >= 11 is 0. The molecular formula is C11H16N2O2. The predicted molar refractivity (Wildman–Crippen MR) is 59.4 cm³/mol. The lowest BCUT2D eigenvalue weighted by molar-refractivity contribution is 0.149. The number of nitrogens with two attached hydrogens (primary N) is 1. The van der Waals surface area contributed by atoms with Gasteiger partial charge in [0.25, 0.3) is 0 Å². The van der Waals surface area contributed by atoms with Crippen molar-refractivity contribution in [2.24, 2.45) is 0 Å². The Bertz CT molecular complexity index is 322. The highest BCUT2D eigenvalue weighted by Gasteiger charge is 2.08. The molecule has 3 N–H and O–H groups in total. The molecule has 0 aliphatic carbocycles. The lowest BCUT2D eigenvalue weighted by atomic mass is 10.1. The number of carbonyl (C=O) groups is 1. The van der Waals surface area contributed by atoms with Crippen LogP contribution in [-0.4, -0.2) is 12.7 Å². The minimum atomic E-state index is -0.401. The minimum absolute atomic E-state index is 0.0790. The number of hydrogen-bond acceptors (Lipinski definition) is 3. The van der Waals surface area contributed by atoms with Crippen LogP contribution in [0.1, 0.15) is 25.5 Å². The molecule has 0 radical (unpaired) electrons. The van der Waals surface area contributed by atoms with Crippen molar-refractivity contribution in [3.63, 3.8) is 0 Å². The van der Waals surface area contributed by atoms with Gasteiger partial charge in [0.1, 0.15) is 0 Å². The van der Waals surface area contributed by atoms with Crippen LogP contribution in [0.2, 0.25) is 0 Å². The Morgan fingerprint density at radius 3 is 2.60 bits per heavy atom. The van der Waals surface area contributed by atoms with Crippen molar-refractivity contribution in [3.8, 4) is 0 Å². The summed E-state index contributed by atoms with van der Waals surface area (Å²) in [5, 5.41) is 2.71. The molecule has 0 spiro atoms. The maximum absolute atomic E-state index is 11.1. The summed E-state index contributed by atoms with van der Waals surface area (Å²) in [5.41, 5.74) is 7.27. The van der Waals surface area contributed by atoms with E-state index in [1.165, 1.54) is 0 Å². The summed E-state index contributed by atoms with van der Waals surface area (Å²) in [5.74, 6) is 0. The first-order valence-corrected chi connectivity index (χ1v) is 4.92. The molecule has 1 aromatic rings. The largest absolute Gasteiger partial charge is 0.450 e. The van der Waals surface area contributed by atoms with Gasteiger partial charge in [0.2, 0.25) is 0 Å². The number of ether oxygens (including phenoxy) is 1. The third kappa shape index (κ3) is 3.50. The quantitative estimate of drug-likeness (QED) is 0.747. The molecule has 4 heteroatoms. The monoisotopic (exact) mass is 208 g/mol. The summed E-state index contributed by atoms with van der Waals surface area (Å²) in [6.07, 6.45) is -0.401. The standard InChI is InChI=1S/C11H16N2O2/c1-3-15-11(14)13-8(2)9-4-6-10(12)7-5-9/h4-8H,3,12H2,1-2H3,(H,13,14). The molecule has 0 aromatic heterocycles. The Kier molecular flexibility index (Phi) is 3.97. The number of nitrogen functional groups attached to an aromatic ring is 1. The molecule has 15 heavy (non-hydrogen) atoms. The number of hydrogen-bond donors (Lipinski definition) is 2. The van der Waals surface area contributed by atoms with E-state index in [2.05, 4.69) is 5.32 Å². The summed E-state index contributed by atoms with van der Waals surface area (Å²) < 4.78 is 4.78. The number of nitrogens with one attached hydrogen (secondary N) is 1. The van der Waals surface area contributed by atoms with Crippen molar-refractivity contribution in [3.05, 3.63) is 29.8 Å². The van der Waals surface area contributed by atoms with E-state index in [1.807, 2.05) is 19.1 Å². The zero-order chi connectivity index (χ0) is 11.3. The Balaban J connectivity index is 2.57. The van der Waals surface area contributed by atoms with Crippen LogP contribution in [0.25, 0.3) is 0 Å². The van der Waals surface area contributed by atoms with Crippen LogP contribution >= 0.6 is 0 Å². The maximum Gasteiger partial charge on any atom is 0.407 e. The van der Waals surface area contributed by atoms with Crippen LogP contribution in [0, 0.1) is 0 Å². The first kappa shape index (κ1) is 11.4. The number of alkyl carbamates (subject to hydrolysis) is 1. The van der Waals surface area contributed by atoms with Gasteiger partial charge in [0.15, 0.2) is 0 Å². The summed E-state index contributed by atoms with van der Waals surface area (Å²) in [6, 6.07) is 7.29. The van der Waals surface area contributed by atoms with Crippen LogP contribution in [0.3, 0.4) is 0 Å². The van der Waals surface area contributed by atoms with Crippen molar-refractivity contribution in [2.45, 2.75) is 19.9 Å². The van der Waals surface area contributed by atoms with Crippen molar-refractivity contribution in [1.82, 2.24) is 5.32 Å². The molecular weight excluding hydrogens is 192 g/mol. The normalized spacial score (nSPS) is 11.9. The van der Waals surface area contributed by atoms with Gasteiger partial charge in [-0.1, -0.05) is 12.1 Å². The number of benzene rings is 1. The molecule has 1 unspecified atom stereocenters. The molecule has 0 saturated carbocycles. The fourth-order valence-corrected chi connectivity index (χ4v) is 1.22. The van der Waals surface area contributed by atoms with Gasteiger partial charge in [-0.2, -0.15) is 0 Å². The number of amides is 1. The molecule has 0 fully saturated rings. The molecule has 0 aliphatic rings. The number of carbonyl (C=O) groups excluding carboxylic acids is 1. The minimum Gasteiger partial charge on any atom is -0.450 e. The lowest BCUT2D eigenvalue weighted by Gasteiger charge is -2.13. The molecule has 82 valence electrons. The van der Waals surface area contributed by atoms with Gasteiger partial charge < -0.3 is 15.8 Å². The lowest BCUT2D eigenvalue weighted by Crippen LogP contribution is -2.27. The fourth-order valence-electron chi connectivity index (χ4n) is 1.22. The second kappa shape index (κ2) is 5.24. The van der Waals surface area contributed by atoms with Gasteiger partial charge in [0.05, 0.1) is 12.6 Å². The van der Waals surface area contributed by atoms with Gasteiger partial charge in [0, 0.05) is 5.69 Å².